The molecule has 0 fully saturated rings. The lowest BCUT2D eigenvalue weighted by molar-refractivity contribution is 1.13. The molecule has 0 saturated heterocycles. The van der Waals surface area contributed by atoms with Crippen molar-refractivity contribution in [3.05, 3.63) is 95.6 Å². The Morgan fingerprint density at radius 1 is 0.652 bits per heavy atom. The molecule has 23 heavy (non-hydrogen) atoms. The molecule has 0 aromatic heterocycles. The van der Waals surface area contributed by atoms with Gasteiger partial charge in [-0.15, -0.1) is 0 Å². The van der Waals surface area contributed by atoms with Gasteiger partial charge in [0.05, 0.1) is 0 Å². The summed E-state index contributed by atoms with van der Waals surface area (Å²) in [6.45, 7) is 3.83. The quantitative estimate of drug-likeness (QED) is 0.652. The smallest absolute Gasteiger partial charge is 0.0400 e. The summed E-state index contributed by atoms with van der Waals surface area (Å²) >= 11 is 0. The third-order valence-electron chi connectivity index (χ3n) is 3.89. The molecule has 2 heteroatoms. The van der Waals surface area contributed by atoms with E-state index >= 15 is 0 Å². The monoisotopic (exact) mass is 302 g/mol. The summed E-state index contributed by atoms with van der Waals surface area (Å²) < 4.78 is 0. The van der Waals surface area contributed by atoms with Crippen LogP contribution in [0.2, 0.25) is 0 Å². The number of hydrogen-bond donors (Lipinski definition) is 2. The molecule has 3 rings (SSSR count). The van der Waals surface area contributed by atoms with Crippen LogP contribution >= 0.6 is 0 Å². The molecule has 0 heterocycles. The molecule has 3 aromatic rings. The Morgan fingerprint density at radius 3 is 1.78 bits per heavy atom. The fourth-order valence-electron chi connectivity index (χ4n) is 2.57. The Kier molecular flexibility index (Phi) is 4.95. The molecule has 0 radical (unpaired) electrons. The zero-order chi connectivity index (χ0) is 15.9. The van der Waals surface area contributed by atoms with E-state index in [0.29, 0.717) is 0 Å². The summed E-state index contributed by atoms with van der Waals surface area (Å²) in [6.07, 6.45) is 0. The standard InChI is InChI=1S/C21H22N2/c1-17-14-20(22-15-18-8-4-2-5-9-18)12-13-21(17)23-16-19-10-6-3-7-11-19/h2-14,22-23H,15-16H2,1H3. The molecule has 0 unspecified atom stereocenters. The fraction of sp³-hybridized carbons (Fsp3) is 0.143. The molecule has 116 valence electrons. The highest BCUT2D eigenvalue weighted by molar-refractivity contribution is 5.59. The molecule has 0 spiro atoms. The molecule has 0 bridgehead atoms. The topological polar surface area (TPSA) is 24.1 Å². The van der Waals surface area contributed by atoms with Gasteiger partial charge in [0.1, 0.15) is 0 Å². The minimum atomic E-state index is 0.844. The van der Waals surface area contributed by atoms with Crippen LogP contribution in [-0.2, 0) is 13.1 Å². The summed E-state index contributed by atoms with van der Waals surface area (Å²) in [5, 5.41) is 6.98. The van der Waals surface area contributed by atoms with Crippen LogP contribution in [0.5, 0.6) is 0 Å². The summed E-state index contributed by atoms with van der Waals surface area (Å²) in [7, 11) is 0. The largest absolute Gasteiger partial charge is 0.381 e. The first kappa shape index (κ1) is 15.2. The lowest BCUT2D eigenvalue weighted by Crippen LogP contribution is -2.03. The zero-order valence-electron chi connectivity index (χ0n) is 13.4. The van der Waals surface area contributed by atoms with E-state index < -0.39 is 0 Å². The van der Waals surface area contributed by atoms with Gasteiger partial charge in [-0.25, -0.2) is 0 Å². The van der Waals surface area contributed by atoms with Gasteiger partial charge in [-0.3, -0.25) is 0 Å². The van der Waals surface area contributed by atoms with Crippen molar-refractivity contribution in [3.8, 4) is 0 Å². The number of benzene rings is 3. The molecule has 2 nitrogen and oxygen atoms in total. The highest BCUT2D eigenvalue weighted by atomic mass is 14.9. The normalized spacial score (nSPS) is 10.3. The number of hydrogen-bond acceptors (Lipinski definition) is 2. The maximum atomic E-state index is 3.50. The van der Waals surface area contributed by atoms with Crippen LogP contribution in [-0.4, -0.2) is 0 Å². The highest BCUT2D eigenvalue weighted by Crippen LogP contribution is 2.21. The van der Waals surface area contributed by atoms with Crippen LogP contribution in [0, 0.1) is 6.92 Å². The Balaban J connectivity index is 1.59. The van der Waals surface area contributed by atoms with Crippen LogP contribution in [0.25, 0.3) is 0 Å². The Morgan fingerprint density at radius 2 is 1.22 bits per heavy atom. The van der Waals surface area contributed by atoms with Crippen molar-refractivity contribution in [2.24, 2.45) is 0 Å². The average molecular weight is 302 g/mol. The van der Waals surface area contributed by atoms with E-state index in [9.17, 15) is 0 Å². The number of aryl methyl sites for hydroxylation is 1. The highest BCUT2D eigenvalue weighted by Gasteiger charge is 2.01. The molecular formula is C21H22N2. The predicted octanol–water partition coefficient (Wildman–Crippen LogP) is 5.22. The van der Waals surface area contributed by atoms with E-state index in [-0.39, 0.29) is 0 Å². The van der Waals surface area contributed by atoms with Gasteiger partial charge in [-0.1, -0.05) is 60.7 Å². The summed E-state index contributed by atoms with van der Waals surface area (Å²) in [5.74, 6) is 0. The minimum Gasteiger partial charge on any atom is -0.381 e. The lowest BCUT2D eigenvalue weighted by atomic mass is 10.1. The summed E-state index contributed by atoms with van der Waals surface area (Å²) in [6, 6.07) is 27.4. The molecule has 0 atom stereocenters. The molecule has 3 aromatic carbocycles. The second-order valence-electron chi connectivity index (χ2n) is 5.71. The third kappa shape index (κ3) is 4.36. The van der Waals surface area contributed by atoms with Gasteiger partial charge in [-0.05, 0) is 41.8 Å². The second kappa shape index (κ2) is 7.50. The Bertz CT molecular complexity index is 736. The SMILES string of the molecule is Cc1cc(NCc2ccccc2)ccc1NCc1ccccc1. The molecule has 0 amide bonds. The predicted molar refractivity (Wildman–Crippen MR) is 98.7 cm³/mol. The molecular weight excluding hydrogens is 280 g/mol. The summed E-state index contributed by atoms with van der Waals surface area (Å²) in [4.78, 5) is 0. The van der Waals surface area contributed by atoms with Gasteiger partial charge in [0.15, 0.2) is 0 Å². The first-order valence-electron chi connectivity index (χ1n) is 7.97. The average Bonchev–Trinajstić information content (AvgIpc) is 2.61. The van der Waals surface area contributed by atoms with E-state index in [4.69, 9.17) is 0 Å². The van der Waals surface area contributed by atoms with Gasteiger partial charge >= 0.3 is 0 Å². The van der Waals surface area contributed by atoms with E-state index in [1.54, 1.807) is 0 Å². The van der Waals surface area contributed by atoms with Crippen LogP contribution in [0.1, 0.15) is 16.7 Å². The number of nitrogens with one attached hydrogen (secondary N) is 2. The van der Waals surface area contributed by atoms with Crippen molar-refractivity contribution in [1.82, 2.24) is 0 Å². The van der Waals surface area contributed by atoms with Crippen molar-refractivity contribution in [1.29, 1.82) is 0 Å². The zero-order valence-corrected chi connectivity index (χ0v) is 13.4. The van der Waals surface area contributed by atoms with E-state index in [0.717, 1.165) is 18.8 Å². The summed E-state index contributed by atoms with van der Waals surface area (Å²) in [5.41, 5.74) is 6.16. The number of rotatable bonds is 6. The van der Waals surface area contributed by atoms with Gasteiger partial charge in [0.25, 0.3) is 0 Å². The second-order valence-corrected chi connectivity index (χ2v) is 5.71. The van der Waals surface area contributed by atoms with E-state index in [1.165, 1.54) is 22.4 Å². The molecule has 2 N–H and O–H groups in total. The van der Waals surface area contributed by atoms with Crippen molar-refractivity contribution >= 4 is 11.4 Å². The Labute approximate surface area is 138 Å². The maximum Gasteiger partial charge on any atom is 0.0400 e. The fourth-order valence-corrected chi connectivity index (χ4v) is 2.57. The number of anilines is 2. The van der Waals surface area contributed by atoms with Gasteiger partial charge < -0.3 is 10.6 Å². The minimum absolute atomic E-state index is 0.844. The van der Waals surface area contributed by atoms with Gasteiger partial charge in [0, 0.05) is 24.5 Å². The molecule has 0 aliphatic rings. The van der Waals surface area contributed by atoms with Crippen molar-refractivity contribution in [3.63, 3.8) is 0 Å². The van der Waals surface area contributed by atoms with Crippen LogP contribution < -0.4 is 10.6 Å². The first-order valence-corrected chi connectivity index (χ1v) is 7.97. The Hall–Kier alpha value is -2.74. The lowest BCUT2D eigenvalue weighted by Gasteiger charge is -2.13. The maximum absolute atomic E-state index is 3.50. The van der Waals surface area contributed by atoms with Crippen molar-refractivity contribution in [2.75, 3.05) is 10.6 Å². The van der Waals surface area contributed by atoms with Gasteiger partial charge in [-0.2, -0.15) is 0 Å². The van der Waals surface area contributed by atoms with Crippen LogP contribution in [0.3, 0.4) is 0 Å². The molecule has 0 aliphatic carbocycles. The van der Waals surface area contributed by atoms with Crippen LogP contribution in [0.4, 0.5) is 11.4 Å². The molecule has 0 saturated carbocycles. The third-order valence-corrected chi connectivity index (χ3v) is 3.89. The van der Waals surface area contributed by atoms with Gasteiger partial charge in [0.2, 0.25) is 0 Å². The van der Waals surface area contributed by atoms with E-state index in [1.807, 2.05) is 12.1 Å². The van der Waals surface area contributed by atoms with Crippen molar-refractivity contribution < 1.29 is 0 Å². The first-order chi connectivity index (χ1) is 11.3. The van der Waals surface area contributed by atoms with Crippen molar-refractivity contribution in [2.45, 2.75) is 20.0 Å². The van der Waals surface area contributed by atoms with E-state index in [2.05, 4.69) is 84.3 Å². The molecule has 0 aliphatic heterocycles. The van der Waals surface area contributed by atoms with Crippen LogP contribution in [0.15, 0.2) is 78.9 Å².